The van der Waals surface area contributed by atoms with E-state index in [9.17, 15) is 4.79 Å². The lowest BCUT2D eigenvalue weighted by Gasteiger charge is -1.95. The van der Waals surface area contributed by atoms with Crippen molar-refractivity contribution in [3.05, 3.63) is 12.7 Å². The van der Waals surface area contributed by atoms with Crippen LogP contribution in [0.3, 0.4) is 0 Å². The predicted octanol–water partition coefficient (Wildman–Crippen LogP) is 2.51. The Morgan fingerprint density at radius 1 is 1.20 bits per heavy atom. The smallest absolute Gasteiger partial charge is 0.293 e. The highest BCUT2D eigenvalue weighted by Gasteiger charge is 1.85. The first kappa shape index (κ1) is 27.0. The first-order valence-electron chi connectivity index (χ1n) is 5.89. The van der Waals surface area contributed by atoms with Crippen LogP contribution in [0.1, 0.15) is 39.5 Å². The summed E-state index contributed by atoms with van der Waals surface area (Å²) in [5, 5.41) is 14.1. The molecule has 8 heteroatoms. The molecule has 0 rings (SSSR count). The Labute approximate surface area is 131 Å². The summed E-state index contributed by atoms with van der Waals surface area (Å²) in [7, 11) is 0. The van der Waals surface area contributed by atoms with Crippen LogP contribution in [0.25, 0.3) is 0 Å². The molecule has 0 aromatic heterocycles. The highest BCUT2D eigenvalue weighted by atomic mass is 32.1. The average molecular weight is 326 g/mol. The Kier molecular flexibility index (Phi) is 41.3. The van der Waals surface area contributed by atoms with Crippen LogP contribution in [0.4, 0.5) is 0 Å². The summed E-state index contributed by atoms with van der Waals surface area (Å²) in [6.07, 6.45) is 6.39. The zero-order valence-electron chi connectivity index (χ0n) is 12.1. The Morgan fingerprint density at radius 3 is 1.80 bits per heavy atom. The van der Waals surface area contributed by atoms with E-state index in [4.69, 9.17) is 10.2 Å². The molecule has 6 nitrogen and oxygen atoms in total. The van der Waals surface area contributed by atoms with Crippen molar-refractivity contribution in [3.8, 4) is 0 Å². The van der Waals surface area contributed by atoms with E-state index >= 15 is 0 Å². The van der Waals surface area contributed by atoms with E-state index in [1.165, 1.54) is 19.3 Å². The number of carbonyl (C=O) groups excluding carboxylic acids is 1. The summed E-state index contributed by atoms with van der Waals surface area (Å²) < 4.78 is 4.50. The Morgan fingerprint density at radius 2 is 1.55 bits per heavy atom. The van der Waals surface area contributed by atoms with Crippen molar-refractivity contribution in [1.82, 2.24) is 0 Å². The molecule has 0 saturated heterocycles. The van der Waals surface area contributed by atoms with Crippen LogP contribution in [0, 0.1) is 0 Å². The maximum atomic E-state index is 9.62. The minimum absolute atomic E-state index is 0.500. The zero-order valence-corrected chi connectivity index (χ0v) is 13.7. The third-order valence-corrected chi connectivity index (χ3v) is 1.18. The number of nitrogens with two attached hydrogens (primary N) is 2. The van der Waals surface area contributed by atoms with E-state index < -0.39 is 10.3 Å². The summed E-state index contributed by atoms with van der Waals surface area (Å²) in [5.41, 5.74) is 8.80. The average Bonchev–Trinajstić information content (AvgIpc) is 2.28. The molecule has 0 fully saturated rings. The molecular formula is C12H26N2O4S2. The van der Waals surface area contributed by atoms with Crippen LogP contribution in [0.15, 0.2) is 12.7 Å². The number of ether oxygens (including phenoxy) is 1. The van der Waals surface area contributed by atoms with Crippen LogP contribution in [-0.2, 0) is 9.53 Å². The van der Waals surface area contributed by atoms with Crippen molar-refractivity contribution in [2.24, 2.45) is 11.5 Å². The molecule has 0 spiro atoms. The molecule has 0 aliphatic heterocycles. The Hall–Kier alpha value is -1.41. The molecule has 0 heterocycles. The molecule has 0 bridgehead atoms. The molecule has 0 unspecified atom stereocenters. The van der Waals surface area contributed by atoms with Gasteiger partial charge in [0.1, 0.15) is 0 Å². The second-order valence-electron chi connectivity index (χ2n) is 3.11. The van der Waals surface area contributed by atoms with E-state index in [1.54, 1.807) is 6.08 Å². The summed E-state index contributed by atoms with van der Waals surface area (Å²) >= 11 is 7.74. The van der Waals surface area contributed by atoms with Gasteiger partial charge in [0.2, 0.25) is 0 Å². The summed E-state index contributed by atoms with van der Waals surface area (Å²) in [4.78, 5) is 9.62. The SMILES string of the molecule is C=CC.CCCCCCOC=O.NC(O)=S.NC(O)=S. The number of unbranched alkanes of at least 4 members (excludes halogenated alkanes) is 3. The lowest BCUT2D eigenvalue weighted by Crippen LogP contribution is -2.03. The maximum absolute atomic E-state index is 9.62. The maximum Gasteiger partial charge on any atom is 0.293 e. The summed E-state index contributed by atoms with van der Waals surface area (Å²) in [6.45, 7) is 8.50. The largest absolute Gasteiger partial charge is 0.487 e. The van der Waals surface area contributed by atoms with Gasteiger partial charge in [0, 0.05) is 0 Å². The number of aliphatic hydroxyl groups excluding tert-OH is 2. The normalized spacial score (nSPS) is 7.10. The standard InChI is InChI=1S/C7H14O2.C3H6.2CH3NOS/c1-2-3-4-5-6-9-7-8;1-3-2;2*2-1(3)4/h7H,2-6H2,1H3;3H,1H2,2H3;2*(H3,2,3,4). The monoisotopic (exact) mass is 326 g/mol. The fourth-order valence-electron chi connectivity index (χ4n) is 0.660. The van der Waals surface area contributed by atoms with Gasteiger partial charge in [-0.25, -0.2) is 0 Å². The lowest BCUT2D eigenvalue weighted by molar-refractivity contribution is -0.128. The van der Waals surface area contributed by atoms with Crippen LogP contribution < -0.4 is 11.5 Å². The number of hydrogen-bond donors (Lipinski definition) is 4. The van der Waals surface area contributed by atoms with Gasteiger partial charge < -0.3 is 26.4 Å². The molecule has 0 aliphatic rings. The molecule has 0 radical (unpaired) electrons. The van der Waals surface area contributed by atoms with Gasteiger partial charge in [-0.2, -0.15) is 0 Å². The van der Waals surface area contributed by atoms with E-state index in [0.29, 0.717) is 13.1 Å². The number of rotatable bonds is 6. The molecule has 0 aromatic rings. The number of allylic oxidation sites excluding steroid dienone is 1. The minimum Gasteiger partial charge on any atom is -0.487 e. The molecule has 0 aromatic carbocycles. The number of carbonyl (C=O) groups is 1. The van der Waals surface area contributed by atoms with Gasteiger partial charge >= 0.3 is 0 Å². The van der Waals surface area contributed by atoms with Gasteiger partial charge in [0.25, 0.3) is 16.8 Å². The lowest BCUT2D eigenvalue weighted by atomic mass is 10.2. The van der Waals surface area contributed by atoms with Crippen molar-refractivity contribution < 1.29 is 19.7 Å². The van der Waals surface area contributed by atoms with Gasteiger partial charge in [0.05, 0.1) is 6.61 Å². The van der Waals surface area contributed by atoms with Gasteiger partial charge in [-0.15, -0.1) is 6.58 Å². The quantitative estimate of drug-likeness (QED) is 0.254. The van der Waals surface area contributed by atoms with Crippen molar-refractivity contribution >= 4 is 41.3 Å². The van der Waals surface area contributed by atoms with Crippen molar-refractivity contribution in [3.63, 3.8) is 0 Å². The van der Waals surface area contributed by atoms with Crippen LogP contribution in [-0.4, -0.2) is 33.6 Å². The predicted molar refractivity (Wildman–Crippen MR) is 90.9 cm³/mol. The molecule has 0 saturated carbocycles. The summed E-state index contributed by atoms with van der Waals surface area (Å²) in [5.74, 6) is 0. The van der Waals surface area contributed by atoms with Crippen LogP contribution >= 0.6 is 24.4 Å². The molecule has 0 aliphatic carbocycles. The first-order chi connectivity index (χ1) is 9.29. The van der Waals surface area contributed by atoms with Crippen LogP contribution in [0.2, 0.25) is 0 Å². The van der Waals surface area contributed by atoms with E-state index in [0.717, 1.165) is 6.42 Å². The summed E-state index contributed by atoms with van der Waals surface area (Å²) in [6, 6.07) is 0. The van der Waals surface area contributed by atoms with Gasteiger partial charge in [-0.3, -0.25) is 4.79 Å². The van der Waals surface area contributed by atoms with Crippen molar-refractivity contribution in [2.75, 3.05) is 6.61 Å². The fourth-order valence-corrected chi connectivity index (χ4v) is 0.660. The molecular weight excluding hydrogens is 300 g/mol. The first-order valence-corrected chi connectivity index (χ1v) is 6.70. The highest BCUT2D eigenvalue weighted by Crippen LogP contribution is 1.97. The fraction of sp³-hybridized carbons (Fsp3) is 0.583. The molecule has 6 N–H and O–H groups in total. The molecule has 20 heavy (non-hydrogen) atoms. The Bertz CT molecular complexity index is 219. The second kappa shape index (κ2) is 30.5. The van der Waals surface area contributed by atoms with Gasteiger partial charge in [0.15, 0.2) is 0 Å². The zero-order chi connectivity index (χ0) is 16.8. The molecule has 0 amide bonds. The van der Waals surface area contributed by atoms with Gasteiger partial charge in [-0.1, -0.05) is 32.3 Å². The van der Waals surface area contributed by atoms with E-state index in [-0.39, 0.29) is 0 Å². The van der Waals surface area contributed by atoms with Crippen molar-refractivity contribution in [1.29, 1.82) is 0 Å². The Balaban J connectivity index is -0.0000000976. The van der Waals surface area contributed by atoms with Crippen molar-refractivity contribution in [2.45, 2.75) is 39.5 Å². The third kappa shape index (κ3) is 191. The number of aliphatic hydroxyl groups is 2. The van der Waals surface area contributed by atoms with Gasteiger partial charge in [-0.05, 0) is 37.8 Å². The second-order valence-corrected chi connectivity index (χ2v) is 3.95. The number of thiocarbonyl (C=S) groups is 2. The minimum atomic E-state index is -0.500. The van der Waals surface area contributed by atoms with Crippen LogP contribution in [0.5, 0.6) is 0 Å². The third-order valence-electron chi connectivity index (χ3n) is 1.18. The van der Waals surface area contributed by atoms with E-state index in [2.05, 4.69) is 54.1 Å². The topological polar surface area (TPSA) is 119 Å². The molecule has 0 atom stereocenters. The number of hydrogen-bond acceptors (Lipinski definition) is 4. The molecule has 120 valence electrons. The highest BCUT2D eigenvalue weighted by molar-refractivity contribution is 7.80. The van der Waals surface area contributed by atoms with E-state index in [1.807, 2.05) is 6.92 Å².